The number of thiazole rings is 1. The molecule has 1 aliphatic rings. The lowest BCUT2D eigenvalue weighted by Gasteiger charge is -2.29. The minimum atomic E-state index is 0.102. The van der Waals surface area contributed by atoms with E-state index >= 15 is 0 Å². The molecule has 1 N–H and O–H groups in total. The van der Waals surface area contributed by atoms with E-state index in [1.165, 1.54) is 0 Å². The summed E-state index contributed by atoms with van der Waals surface area (Å²) in [6.07, 6.45) is 0. The van der Waals surface area contributed by atoms with Crippen LogP contribution in [0.3, 0.4) is 0 Å². The van der Waals surface area contributed by atoms with Gasteiger partial charge in [0.05, 0.1) is 32.1 Å². The first-order chi connectivity index (χ1) is 10.5. The van der Waals surface area contributed by atoms with Crippen molar-refractivity contribution in [1.29, 1.82) is 0 Å². The molecule has 2 rings (SSSR count). The molecule has 5 nitrogen and oxygen atoms in total. The minimum absolute atomic E-state index is 0.102. The van der Waals surface area contributed by atoms with Gasteiger partial charge in [0.25, 0.3) is 0 Å². The van der Waals surface area contributed by atoms with Gasteiger partial charge in [-0.05, 0) is 0 Å². The van der Waals surface area contributed by atoms with Gasteiger partial charge in [0, 0.05) is 43.5 Å². The molecule has 1 saturated heterocycles. The molecule has 0 spiro atoms. The van der Waals surface area contributed by atoms with Crippen molar-refractivity contribution in [2.45, 2.75) is 32.7 Å². The summed E-state index contributed by atoms with van der Waals surface area (Å²) in [7, 11) is 0. The number of hydrogen-bond donors (Lipinski definition) is 1. The Morgan fingerprint density at radius 1 is 1.32 bits per heavy atom. The van der Waals surface area contributed by atoms with E-state index in [4.69, 9.17) is 9.72 Å². The molecule has 0 aromatic carbocycles. The van der Waals surface area contributed by atoms with Crippen LogP contribution >= 0.6 is 11.3 Å². The Labute approximate surface area is 137 Å². The summed E-state index contributed by atoms with van der Waals surface area (Å²) in [4.78, 5) is 9.48. The number of aromatic nitrogens is 1. The molecule has 0 aliphatic carbocycles. The molecular formula is C16H29N3O2S. The summed E-state index contributed by atoms with van der Waals surface area (Å²) in [6, 6.07) is 0. The maximum Gasteiger partial charge on any atom is 0.107 e. The molecular weight excluding hydrogens is 298 g/mol. The van der Waals surface area contributed by atoms with E-state index in [9.17, 15) is 5.11 Å². The molecule has 0 radical (unpaired) electrons. The predicted molar refractivity (Wildman–Crippen MR) is 90.4 cm³/mol. The third-order valence-corrected chi connectivity index (χ3v) is 4.76. The summed E-state index contributed by atoms with van der Waals surface area (Å²) >= 11 is 1.72. The molecule has 2 heterocycles. The van der Waals surface area contributed by atoms with Crippen molar-refractivity contribution >= 4 is 11.3 Å². The number of rotatable bonds is 7. The highest BCUT2D eigenvalue weighted by molar-refractivity contribution is 7.09. The molecule has 0 unspecified atom stereocenters. The number of aliphatic hydroxyl groups excluding tert-OH is 1. The molecule has 0 atom stereocenters. The molecule has 1 aromatic heterocycles. The van der Waals surface area contributed by atoms with Gasteiger partial charge in [-0.2, -0.15) is 0 Å². The van der Waals surface area contributed by atoms with Crippen molar-refractivity contribution in [2.75, 3.05) is 52.5 Å². The average molecular weight is 327 g/mol. The van der Waals surface area contributed by atoms with Crippen molar-refractivity contribution < 1.29 is 9.84 Å². The molecule has 0 saturated carbocycles. The molecule has 1 aliphatic heterocycles. The fourth-order valence-corrected chi connectivity index (χ4v) is 3.50. The number of ether oxygens (including phenoxy) is 1. The first kappa shape index (κ1) is 17.8. The van der Waals surface area contributed by atoms with Gasteiger partial charge in [-0.15, -0.1) is 11.3 Å². The van der Waals surface area contributed by atoms with Gasteiger partial charge in [-0.1, -0.05) is 20.8 Å². The van der Waals surface area contributed by atoms with Gasteiger partial charge >= 0.3 is 0 Å². The molecule has 22 heavy (non-hydrogen) atoms. The van der Waals surface area contributed by atoms with Crippen LogP contribution in [0, 0.1) is 0 Å². The van der Waals surface area contributed by atoms with Crippen molar-refractivity contribution in [3.63, 3.8) is 0 Å². The second-order valence-corrected chi connectivity index (χ2v) is 7.77. The summed E-state index contributed by atoms with van der Waals surface area (Å²) < 4.78 is 5.38. The average Bonchev–Trinajstić information content (AvgIpc) is 2.95. The molecule has 126 valence electrons. The van der Waals surface area contributed by atoms with Crippen molar-refractivity contribution in [3.8, 4) is 0 Å². The quantitative estimate of drug-likeness (QED) is 0.824. The van der Waals surface area contributed by atoms with Crippen LogP contribution < -0.4 is 0 Å². The minimum Gasteiger partial charge on any atom is -0.395 e. The fourth-order valence-electron chi connectivity index (χ4n) is 2.44. The van der Waals surface area contributed by atoms with E-state index in [2.05, 4.69) is 36.0 Å². The van der Waals surface area contributed by atoms with Crippen LogP contribution in [0.5, 0.6) is 0 Å². The van der Waals surface area contributed by atoms with E-state index in [0.29, 0.717) is 6.54 Å². The van der Waals surface area contributed by atoms with E-state index in [-0.39, 0.29) is 12.0 Å². The Morgan fingerprint density at radius 3 is 2.64 bits per heavy atom. The zero-order valence-corrected chi connectivity index (χ0v) is 14.9. The molecule has 6 heteroatoms. The van der Waals surface area contributed by atoms with Gasteiger partial charge in [0.1, 0.15) is 5.01 Å². The molecule has 1 fully saturated rings. The van der Waals surface area contributed by atoms with Crippen molar-refractivity contribution in [2.24, 2.45) is 0 Å². The maximum atomic E-state index is 9.29. The van der Waals surface area contributed by atoms with Crippen LogP contribution in [0.2, 0.25) is 0 Å². The third-order valence-electron chi connectivity index (χ3n) is 3.93. The first-order valence-corrected chi connectivity index (χ1v) is 8.95. The second kappa shape index (κ2) is 8.36. The number of aliphatic hydroxyl groups is 1. The van der Waals surface area contributed by atoms with Gasteiger partial charge in [-0.25, -0.2) is 4.98 Å². The monoisotopic (exact) mass is 327 g/mol. The van der Waals surface area contributed by atoms with E-state index < -0.39 is 0 Å². The third kappa shape index (κ3) is 5.59. The van der Waals surface area contributed by atoms with Crippen molar-refractivity contribution in [1.82, 2.24) is 14.8 Å². The van der Waals surface area contributed by atoms with Crippen molar-refractivity contribution in [3.05, 3.63) is 16.1 Å². The highest BCUT2D eigenvalue weighted by Crippen LogP contribution is 2.24. The van der Waals surface area contributed by atoms with Gasteiger partial charge in [0.15, 0.2) is 0 Å². The Hall–Kier alpha value is -0.530. The standard InChI is InChI=1S/C16H29N3O2S/c1-16(2,3)14-13-22-15(17-14)12-19(6-9-20)5-4-18-7-10-21-11-8-18/h13,20H,4-12H2,1-3H3. The first-order valence-electron chi connectivity index (χ1n) is 8.07. The Morgan fingerprint density at radius 2 is 2.05 bits per heavy atom. The summed E-state index contributed by atoms with van der Waals surface area (Å²) in [5, 5.41) is 12.6. The SMILES string of the molecule is CC(C)(C)c1csc(CN(CCO)CCN2CCOCC2)n1. The van der Waals surface area contributed by atoms with Crippen LogP contribution in [-0.2, 0) is 16.7 Å². The van der Waals surface area contributed by atoms with Crippen LogP contribution in [0.1, 0.15) is 31.5 Å². The Balaban J connectivity index is 1.86. The molecule has 0 bridgehead atoms. The van der Waals surface area contributed by atoms with Crippen LogP contribution in [0.25, 0.3) is 0 Å². The lowest BCUT2D eigenvalue weighted by atomic mass is 9.93. The van der Waals surface area contributed by atoms with Gasteiger partial charge < -0.3 is 9.84 Å². The zero-order chi connectivity index (χ0) is 16.0. The van der Waals surface area contributed by atoms with E-state index in [1.54, 1.807) is 11.3 Å². The van der Waals surface area contributed by atoms with Crippen LogP contribution in [0.4, 0.5) is 0 Å². The van der Waals surface area contributed by atoms with Crippen LogP contribution in [0.15, 0.2) is 5.38 Å². The molecule has 1 aromatic rings. The van der Waals surface area contributed by atoms with Crippen LogP contribution in [-0.4, -0.2) is 72.4 Å². The fraction of sp³-hybridized carbons (Fsp3) is 0.812. The highest BCUT2D eigenvalue weighted by atomic mass is 32.1. The highest BCUT2D eigenvalue weighted by Gasteiger charge is 2.19. The Kier molecular flexibility index (Phi) is 6.77. The van der Waals surface area contributed by atoms with E-state index in [0.717, 1.165) is 56.6 Å². The largest absolute Gasteiger partial charge is 0.395 e. The second-order valence-electron chi connectivity index (χ2n) is 6.83. The number of hydrogen-bond acceptors (Lipinski definition) is 6. The number of morpholine rings is 1. The predicted octanol–water partition coefficient (Wildman–Crippen LogP) is 1.57. The number of nitrogens with zero attached hydrogens (tertiary/aromatic N) is 3. The summed E-state index contributed by atoms with van der Waals surface area (Å²) in [5.41, 5.74) is 1.26. The Bertz CT molecular complexity index is 439. The smallest absolute Gasteiger partial charge is 0.107 e. The zero-order valence-electron chi connectivity index (χ0n) is 14.0. The normalized spacial score (nSPS) is 17.3. The van der Waals surface area contributed by atoms with Gasteiger partial charge in [-0.3, -0.25) is 9.80 Å². The lowest BCUT2D eigenvalue weighted by Crippen LogP contribution is -2.41. The summed E-state index contributed by atoms with van der Waals surface area (Å²) in [6.45, 7) is 14.0. The topological polar surface area (TPSA) is 48.8 Å². The van der Waals surface area contributed by atoms with E-state index in [1.807, 2.05) is 0 Å². The van der Waals surface area contributed by atoms with Gasteiger partial charge in [0.2, 0.25) is 0 Å². The summed E-state index contributed by atoms with van der Waals surface area (Å²) in [5.74, 6) is 0. The maximum absolute atomic E-state index is 9.29. The molecule has 0 amide bonds. The lowest BCUT2D eigenvalue weighted by molar-refractivity contribution is 0.0320.